The second-order valence-corrected chi connectivity index (χ2v) is 5.97. The van der Waals surface area contributed by atoms with Crippen LogP contribution >= 0.6 is 0 Å². The highest BCUT2D eigenvalue weighted by molar-refractivity contribution is 5.92. The Morgan fingerprint density at radius 2 is 1.95 bits per heavy atom. The van der Waals surface area contributed by atoms with Crippen molar-refractivity contribution in [2.75, 3.05) is 11.4 Å². The number of anilines is 1. The fourth-order valence-electron chi connectivity index (χ4n) is 2.31. The number of carbonyl (C=O) groups excluding carboxylic acids is 1. The van der Waals surface area contributed by atoms with Gasteiger partial charge < -0.3 is 0 Å². The maximum atomic E-state index is 12.7. The average Bonchev–Trinajstić information content (AvgIpc) is 3.28. The van der Waals surface area contributed by atoms with Crippen LogP contribution in [0.1, 0.15) is 32.7 Å². The minimum absolute atomic E-state index is 0.101. The Bertz CT molecular complexity index is 715. The van der Waals surface area contributed by atoms with Crippen molar-refractivity contribution in [1.29, 1.82) is 0 Å². The fourth-order valence-corrected chi connectivity index (χ4v) is 2.31. The van der Waals surface area contributed by atoms with Crippen LogP contribution in [0.2, 0.25) is 0 Å². The topological polar surface area (TPSA) is 73.0 Å². The summed E-state index contributed by atoms with van der Waals surface area (Å²) in [5.74, 6) is 0.262. The predicted octanol–water partition coefficient (Wildman–Crippen LogP) is 1.91. The van der Waals surface area contributed by atoms with Crippen molar-refractivity contribution in [3.63, 3.8) is 0 Å². The summed E-state index contributed by atoms with van der Waals surface area (Å²) in [5, 5.41) is 7.58. The number of hydrogen-bond acceptors (Lipinski definition) is 4. The van der Waals surface area contributed by atoms with Crippen molar-refractivity contribution in [3.8, 4) is 0 Å². The first-order valence-corrected chi connectivity index (χ1v) is 7.49. The number of para-hydroxylation sites is 1. The molecule has 1 fully saturated rings. The number of aromatic nitrogens is 4. The van der Waals surface area contributed by atoms with Crippen molar-refractivity contribution in [1.82, 2.24) is 19.8 Å². The number of hydrogen-bond donors (Lipinski definition) is 0. The van der Waals surface area contributed by atoms with E-state index in [0.717, 1.165) is 23.2 Å². The standard InChI is InChI=1S/C15H19N5O2/c1-11(2)10-18(12-6-4-3-5-7-12)14(21)20-15(22)19(16-17-20)13-8-9-13/h3-7,11,13H,8-10H2,1-2H3. The van der Waals surface area contributed by atoms with Crippen molar-refractivity contribution in [3.05, 3.63) is 40.8 Å². The molecule has 116 valence electrons. The van der Waals surface area contributed by atoms with Gasteiger partial charge in [-0.25, -0.2) is 9.59 Å². The van der Waals surface area contributed by atoms with Gasteiger partial charge in [0.15, 0.2) is 0 Å². The summed E-state index contributed by atoms with van der Waals surface area (Å²) < 4.78 is 2.16. The number of nitrogens with zero attached hydrogens (tertiary/aromatic N) is 5. The van der Waals surface area contributed by atoms with Crippen LogP contribution in [-0.4, -0.2) is 32.4 Å². The Balaban J connectivity index is 1.93. The molecule has 22 heavy (non-hydrogen) atoms. The van der Waals surface area contributed by atoms with Gasteiger partial charge >= 0.3 is 11.7 Å². The fraction of sp³-hybridized carbons (Fsp3) is 0.467. The summed E-state index contributed by atoms with van der Waals surface area (Å²) in [4.78, 5) is 26.6. The molecule has 3 rings (SSSR count). The maximum Gasteiger partial charge on any atom is 0.372 e. The Kier molecular flexibility index (Phi) is 3.79. The lowest BCUT2D eigenvalue weighted by molar-refractivity contribution is 0.243. The molecule has 0 unspecified atom stereocenters. The number of carbonyl (C=O) groups is 1. The molecule has 0 atom stereocenters. The molecule has 7 nitrogen and oxygen atoms in total. The number of rotatable bonds is 4. The van der Waals surface area contributed by atoms with Gasteiger partial charge in [-0.2, -0.15) is 4.68 Å². The van der Waals surface area contributed by atoms with E-state index in [1.165, 1.54) is 4.68 Å². The summed E-state index contributed by atoms with van der Waals surface area (Å²) >= 11 is 0. The molecule has 0 spiro atoms. The second kappa shape index (κ2) is 5.75. The van der Waals surface area contributed by atoms with Gasteiger partial charge in [0.1, 0.15) is 0 Å². The van der Waals surface area contributed by atoms with Crippen molar-refractivity contribution < 1.29 is 4.79 Å². The third kappa shape index (κ3) is 2.79. The summed E-state index contributed by atoms with van der Waals surface area (Å²) in [6, 6.07) is 8.94. The molecule has 0 saturated heterocycles. The van der Waals surface area contributed by atoms with Crippen LogP contribution in [0, 0.1) is 5.92 Å². The average molecular weight is 301 g/mol. The summed E-state index contributed by atoms with van der Waals surface area (Å²) in [5.41, 5.74) is 0.284. The quantitative estimate of drug-likeness (QED) is 0.809. The Hall–Kier alpha value is -2.44. The van der Waals surface area contributed by atoms with Gasteiger partial charge in [0.05, 0.1) is 6.04 Å². The predicted molar refractivity (Wildman–Crippen MR) is 82.0 cm³/mol. The second-order valence-electron chi connectivity index (χ2n) is 5.97. The molecule has 1 aliphatic carbocycles. The number of benzene rings is 1. The van der Waals surface area contributed by atoms with Crippen molar-refractivity contribution >= 4 is 11.7 Å². The van der Waals surface area contributed by atoms with Crippen LogP contribution in [0.4, 0.5) is 10.5 Å². The molecular weight excluding hydrogens is 282 g/mol. The highest BCUT2D eigenvalue weighted by atomic mass is 16.2. The number of tetrazole rings is 1. The third-order valence-corrected chi connectivity index (χ3v) is 3.52. The van der Waals surface area contributed by atoms with Crippen LogP contribution in [-0.2, 0) is 0 Å². The highest BCUT2D eigenvalue weighted by Gasteiger charge is 2.30. The first kappa shape index (κ1) is 14.5. The van der Waals surface area contributed by atoms with Gasteiger partial charge in [0.25, 0.3) is 0 Å². The first-order chi connectivity index (χ1) is 10.6. The molecular formula is C15H19N5O2. The van der Waals surface area contributed by atoms with Crippen LogP contribution in [0.5, 0.6) is 0 Å². The zero-order valence-corrected chi connectivity index (χ0v) is 12.7. The number of amides is 1. The maximum absolute atomic E-state index is 12.7. The van der Waals surface area contributed by atoms with E-state index in [-0.39, 0.29) is 12.0 Å². The van der Waals surface area contributed by atoms with Crippen LogP contribution in [0.15, 0.2) is 35.1 Å². The molecule has 1 aromatic heterocycles. The highest BCUT2D eigenvalue weighted by Crippen LogP contribution is 2.32. The summed E-state index contributed by atoms with van der Waals surface area (Å²) in [6.07, 6.45) is 1.84. The van der Waals surface area contributed by atoms with E-state index in [0.29, 0.717) is 6.54 Å². The minimum atomic E-state index is -0.461. The molecule has 1 aromatic carbocycles. The Labute approximate surface area is 128 Å². The molecule has 0 aliphatic heterocycles. The van der Waals surface area contributed by atoms with Gasteiger partial charge in [-0.05, 0) is 41.3 Å². The van der Waals surface area contributed by atoms with Crippen LogP contribution < -0.4 is 10.6 Å². The molecule has 0 bridgehead atoms. The lowest BCUT2D eigenvalue weighted by Gasteiger charge is -2.23. The lowest BCUT2D eigenvalue weighted by atomic mass is 10.2. The monoisotopic (exact) mass is 301 g/mol. The molecule has 0 N–H and O–H groups in total. The van der Waals surface area contributed by atoms with Gasteiger partial charge in [-0.3, -0.25) is 4.90 Å². The Morgan fingerprint density at radius 1 is 1.27 bits per heavy atom. The van der Waals surface area contributed by atoms with Crippen LogP contribution in [0.25, 0.3) is 0 Å². The molecule has 1 aliphatic rings. The third-order valence-electron chi connectivity index (χ3n) is 3.52. The van der Waals surface area contributed by atoms with E-state index < -0.39 is 11.7 Å². The van der Waals surface area contributed by atoms with E-state index in [9.17, 15) is 9.59 Å². The van der Waals surface area contributed by atoms with Crippen molar-refractivity contribution in [2.24, 2.45) is 5.92 Å². The smallest absolute Gasteiger partial charge is 0.292 e. The summed E-state index contributed by atoms with van der Waals surface area (Å²) in [7, 11) is 0. The zero-order valence-electron chi connectivity index (χ0n) is 12.7. The molecule has 2 aromatic rings. The normalized spacial score (nSPS) is 14.3. The van der Waals surface area contributed by atoms with E-state index in [4.69, 9.17) is 0 Å². The lowest BCUT2D eigenvalue weighted by Crippen LogP contribution is -2.42. The molecule has 0 radical (unpaired) electrons. The van der Waals surface area contributed by atoms with E-state index in [1.54, 1.807) is 4.90 Å². The zero-order chi connectivity index (χ0) is 15.7. The Morgan fingerprint density at radius 3 is 2.55 bits per heavy atom. The van der Waals surface area contributed by atoms with E-state index in [1.807, 2.05) is 44.2 Å². The van der Waals surface area contributed by atoms with Crippen molar-refractivity contribution in [2.45, 2.75) is 32.7 Å². The van der Waals surface area contributed by atoms with Gasteiger partial charge in [0.2, 0.25) is 0 Å². The van der Waals surface area contributed by atoms with E-state index in [2.05, 4.69) is 10.4 Å². The largest absolute Gasteiger partial charge is 0.372 e. The van der Waals surface area contributed by atoms with E-state index >= 15 is 0 Å². The van der Waals surface area contributed by atoms with Gasteiger partial charge in [0, 0.05) is 12.2 Å². The van der Waals surface area contributed by atoms with Gasteiger partial charge in [-0.15, -0.1) is 4.68 Å². The van der Waals surface area contributed by atoms with Gasteiger partial charge in [-0.1, -0.05) is 32.0 Å². The minimum Gasteiger partial charge on any atom is -0.292 e. The molecule has 1 heterocycles. The van der Waals surface area contributed by atoms with Crippen LogP contribution in [0.3, 0.4) is 0 Å². The molecule has 1 saturated carbocycles. The SMILES string of the molecule is CC(C)CN(C(=O)n1nnn(C2CC2)c1=O)c1ccccc1. The summed E-state index contributed by atoms with van der Waals surface area (Å²) in [6.45, 7) is 4.55. The first-order valence-electron chi connectivity index (χ1n) is 7.49. The molecule has 7 heteroatoms. The molecule has 1 amide bonds.